The van der Waals surface area contributed by atoms with E-state index in [4.69, 9.17) is 9.47 Å². The fraction of sp³-hybridized carbons (Fsp3) is 0.625. The molecular weight excluding hydrogens is 415 g/mol. The van der Waals surface area contributed by atoms with Crippen molar-refractivity contribution in [1.29, 1.82) is 0 Å². The first-order valence-electron chi connectivity index (χ1n) is 11.5. The molecule has 2 saturated heterocycles. The number of carbonyl (C=O) groups excluding carboxylic acids is 3. The number of rotatable bonds is 6. The van der Waals surface area contributed by atoms with Gasteiger partial charge in [0.15, 0.2) is 0 Å². The van der Waals surface area contributed by atoms with Crippen LogP contribution in [0.4, 0.5) is 4.39 Å². The molecule has 32 heavy (non-hydrogen) atoms. The van der Waals surface area contributed by atoms with E-state index in [1.807, 2.05) is 0 Å². The number of likely N-dealkylation sites (N-methyl/N-ethyl adjacent to an activating group) is 1. The Morgan fingerprint density at radius 1 is 1.19 bits per heavy atom. The van der Waals surface area contributed by atoms with Gasteiger partial charge in [-0.15, -0.1) is 0 Å². The molecule has 3 fully saturated rings. The summed E-state index contributed by atoms with van der Waals surface area (Å²) in [5.41, 5.74) is -1.40. The van der Waals surface area contributed by atoms with Gasteiger partial charge in [0.2, 0.25) is 17.7 Å². The number of hydrogen-bond donors (Lipinski definition) is 0. The van der Waals surface area contributed by atoms with Crippen LogP contribution in [-0.4, -0.2) is 73.1 Å². The molecule has 2 atom stereocenters. The number of likely N-dealkylation sites (tertiary alicyclic amines) is 1. The zero-order chi connectivity index (χ0) is 22.7. The molecule has 8 heteroatoms. The van der Waals surface area contributed by atoms with Crippen molar-refractivity contribution >= 4 is 17.7 Å². The molecule has 1 saturated carbocycles. The molecule has 1 aromatic rings. The lowest BCUT2D eigenvalue weighted by Gasteiger charge is -2.34. The van der Waals surface area contributed by atoms with Gasteiger partial charge in [0.25, 0.3) is 0 Å². The second-order valence-electron chi connectivity index (χ2n) is 9.12. The van der Waals surface area contributed by atoms with Crippen LogP contribution in [0, 0.1) is 5.82 Å². The Labute approximate surface area is 187 Å². The maximum atomic E-state index is 14.9. The van der Waals surface area contributed by atoms with Crippen LogP contribution in [-0.2, 0) is 29.3 Å². The monoisotopic (exact) mass is 446 g/mol. The summed E-state index contributed by atoms with van der Waals surface area (Å²) in [6, 6.07) is 5.82. The molecule has 3 aliphatic rings. The summed E-state index contributed by atoms with van der Waals surface area (Å²) in [7, 11) is 1.63. The van der Waals surface area contributed by atoms with E-state index < -0.39 is 17.1 Å². The number of imide groups is 1. The van der Waals surface area contributed by atoms with Crippen molar-refractivity contribution in [3.63, 3.8) is 0 Å². The first kappa shape index (κ1) is 22.9. The number of nitrogens with zero attached hydrogens (tertiary/aromatic N) is 2. The van der Waals surface area contributed by atoms with Crippen molar-refractivity contribution in [3.8, 4) is 0 Å². The number of hydrogen-bond acceptors (Lipinski definition) is 5. The fourth-order valence-electron chi connectivity index (χ4n) is 5.21. The number of carbonyl (C=O) groups is 3. The lowest BCUT2D eigenvalue weighted by Crippen LogP contribution is -2.48. The van der Waals surface area contributed by atoms with Crippen molar-refractivity contribution in [2.75, 3.05) is 33.4 Å². The van der Waals surface area contributed by atoms with Crippen LogP contribution in [0.2, 0.25) is 0 Å². The lowest BCUT2D eigenvalue weighted by atomic mass is 9.75. The van der Waals surface area contributed by atoms with E-state index in [0.717, 1.165) is 32.1 Å². The van der Waals surface area contributed by atoms with Gasteiger partial charge < -0.3 is 14.4 Å². The first-order valence-corrected chi connectivity index (χ1v) is 11.5. The van der Waals surface area contributed by atoms with E-state index in [2.05, 4.69) is 0 Å². The van der Waals surface area contributed by atoms with Crippen molar-refractivity contribution < 1.29 is 28.2 Å². The van der Waals surface area contributed by atoms with Crippen LogP contribution in [0.25, 0.3) is 0 Å². The Bertz CT molecular complexity index is 866. The van der Waals surface area contributed by atoms with Gasteiger partial charge in [0, 0.05) is 38.0 Å². The predicted octanol–water partition coefficient (Wildman–Crippen LogP) is 2.42. The van der Waals surface area contributed by atoms with E-state index in [0.29, 0.717) is 26.4 Å². The van der Waals surface area contributed by atoms with E-state index in [1.165, 1.54) is 21.9 Å². The minimum absolute atomic E-state index is 0.121. The van der Waals surface area contributed by atoms with Gasteiger partial charge in [-0.05, 0) is 18.9 Å². The highest BCUT2D eigenvalue weighted by Gasteiger charge is 2.56. The maximum Gasteiger partial charge on any atom is 0.241 e. The molecule has 2 heterocycles. The molecule has 7 nitrogen and oxygen atoms in total. The standard InChI is InChI=1S/C24H31FN2O5/c1-26(15-18-16-31-11-12-32-18)21(28)13-24(19-9-5-6-10-20(19)25)14-22(29)27(23(24)30)17-7-3-2-4-8-17/h5-6,9-10,17-18H,2-4,7-8,11-16H2,1H3/t18-,24+/m1/s1. The summed E-state index contributed by atoms with van der Waals surface area (Å²) >= 11 is 0. The molecule has 1 aliphatic carbocycles. The van der Waals surface area contributed by atoms with Crippen molar-refractivity contribution in [1.82, 2.24) is 9.80 Å². The number of amides is 3. The second-order valence-corrected chi connectivity index (χ2v) is 9.12. The highest BCUT2D eigenvalue weighted by atomic mass is 19.1. The van der Waals surface area contributed by atoms with Crippen molar-refractivity contribution in [3.05, 3.63) is 35.6 Å². The summed E-state index contributed by atoms with van der Waals surface area (Å²) in [6.45, 7) is 1.69. The Kier molecular flexibility index (Phi) is 6.90. The lowest BCUT2D eigenvalue weighted by molar-refractivity contribution is -0.146. The Morgan fingerprint density at radius 3 is 2.62 bits per heavy atom. The molecule has 0 spiro atoms. The van der Waals surface area contributed by atoms with E-state index >= 15 is 0 Å². The molecule has 174 valence electrons. The smallest absolute Gasteiger partial charge is 0.241 e. The Morgan fingerprint density at radius 2 is 1.94 bits per heavy atom. The second kappa shape index (κ2) is 9.67. The van der Waals surface area contributed by atoms with Gasteiger partial charge in [-0.25, -0.2) is 4.39 Å². The third kappa shape index (κ3) is 4.43. The van der Waals surface area contributed by atoms with E-state index in [-0.39, 0.29) is 42.4 Å². The quantitative estimate of drug-likeness (QED) is 0.628. The number of benzene rings is 1. The van der Waals surface area contributed by atoms with Gasteiger partial charge in [-0.2, -0.15) is 0 Å². The average molecular weight is 447 g/mol. The Balaban J connectivity index is 1.60. The molecule has 1 aromatic carbocycles. The number of ether oxygens (including phenoxy) is 2. The van der Waals surface area contributed by atoms with Gasteiger partial charge in [-0.1, -0.05) is 37.5 Å². The molecule has 0 radical (unpaired) electrons. The topological polar surface area (TPSA) is 76.2 Å². The van der Waals surface area contributed by atoms with Crippen LogP contribution in [0.3, 0.4) is 0 Å². The third-order valence-corrected chi connectivity index (χ3v) is 6.92. The molecule has 2 aliphatic heterocycles. The Hall–Kier alpha value is -2.32. The summed E-state index contributed by atoms with van der Waals surface area (Å²) < 4.78 is 26.0. The molecule has 4 rings (SSSR count). The molecule has 0 unspecified atom stereocenters. The zero-order valence-corrected chi connectivity index (χ0v) is 18.6. The first-order chi connectivity index (χ1) is 15.4. The van der Waals surface area contributed by atoms with E-state index in [1.54, 1.807) is 19.2 Å². The largest absolute Gasteiger partial charge is 0.376 e. The molecule has 3 amide bonds. The number of halogens is 1. The zero-order valence-electron chi connectivity index (χ0n) is 18.6. The van der Waals surface area contributed by atoms with Gasteiger partial charge in [-0.3, -0.25) is 19.3 Å². The summed E-state index contributed by atoms with van der Waals surface area (Å²) in [4.78, 5) is 42.9. The van der Waals surface area contributed by atoms with Crippen LogP contribution in [0.1, 0.15) is 50.5 Å². The van der Waals surface area contributed by atoms with Crippen LogP contribution < -0.4 is 0 Å². The highest BCUT2D eigenvalue weighted by molar-refractivity contribution is 6.11. The normalized spacial score (nSPS) is 27.1. The predicted molar refractivity (Wildman–Crippen MR) is 114 cm³/mol. The van der Waals surface area contributed by atoms with Crippen LogP contribution in [0.5, 0.6) is 0 Å². The van der Waals surface area contributed by atoms with E-state index in [9.17, 15) is 18.8 Å². The summed E-state index contributed by atoms with van der Waals surface area (Å²) in [5, 5.41) is 0. The van der Waals surface area contributed by atoms with Crippen LogP contribution >= 0.6 is 0 Å². The van der Waals surface area contributed by atoms with Gasteiger partial charge in [0.1, 0.15) is 5.82 Å². The minimum atomic E-state index is -1.52. The highest BCUT2D eigenvalue weighted by Crippen LogP contribution is 2.43. The summed E-state index contributed by atoms with van der Waals surface area (Å²) in [6.07, 6.45) is 3.83. The van der Waals surface area contributed by atoms with Crippen molar-refractivity contribution in [2.24, 2.45) is 0 Å². The van der Waals surface area contributed by atoms with Crippen molar-refractivity contribution in [2.45, 2.75) is 62.5 Å². The minimum Gasteiger partial charge on any atom is -0.376 e. The maximum absolute atomic E-state index is 14.9. The molecular formula is C24H31FN2O5. The summed E-state index contributed by atoms with van der Waals surface area (Å²) in [5.74, 6) is -1.66. The van der Waals surface area contributed by atoms with Gasteiger partial charge >= 0.3 is 0 Å². The van der Waals surface area contributed by atoms with Gasteiger partial charge in [0.05, 0.1) is 31.3 Å². The molecule has 0 aromatic heterocycles. The fourth-order valence-corrected chi connectivity index (χ4v) is 5.21. The molecule has 0 bridgehead atoms. The molecule has 0 N–H and O–H groups in total. The SMILES string of the molecule is CN(C[C@@H]1COCCO1)C(=O)C[C@@]1(c2ccccc2F)CC(=O)N(C2CCCCC2)C1=O. The third-order valence-electron chi connectivity index (χ3n) is 6.92. The average Bonchev–Trinajstić information content (AvgIpc) is 3.05. The van der Waals surface area contributed by atoms with Crippen LogP contribution in [0.15, 0.2) is 24.3 Å².